The summed E-state index contributed by atoms with van der Waals surface area (Å²) in [6.45, 7) is 9.15. The van der Waals surface area contributed by atoms with Crippen LogP contribution in [0.5, 0.6) is 11.5 Å². The highest BCUT2D eigenvalue weighted by Crippen LogP contribution is 2.53. The molecule has 7 aromatic rings. The maximum atomic E-state index is 7.03. The number of aromatic nitrogens is 1. The highest BCUT2D eigenvalue weighted by molar-refractivity contribution is 7.13. The summed E-state index contributed by atoms with van der Waals surface area (Å²) < 4.78 is 15.9. The van der Waals surface area contributed by atoms with Crippen LogP contribution in [-0.2, 0) is 13.5 Å². The van der Waals surface area contributed by atoms with Gasteiger partial charge in [0.2, 0.25) is 5.69 Å². The minimum absolute atomic E-state index is 0.106. The molecular formula is C36H30NO2S+. The number of rotatable bonds is 2. The van der Waals surface area contributed by atoms with Crippen LogP contribution in [0.4, 0.5) is 0 Å². The molecule has 0 unspecified atom stereocenters. The van der Waals surface area contributed by atoms with Crippen LogP contribution in [0.3, 0.4) is 0 Å². The molecule has 0 spiro atoms. The second-order valence-electron chi connectivity index (χ2n) is 12.3. The molecule has 196 valence electrons. The Morgan fingerprint density at radius 3 is 2.45 bits per heavy atom. The van der Waals surface area contributed by atoms with Gasteiger partial charge >= 0.3 is 0 Å². The van der Waals surface area contributed by atoms with E-state index in [4.69, 9.17) is 9.15 Å². The number of ether oxygens (including phenoxy) is 1. The van der Waals surface area contributed by atoms with Gasteiger partial charge in [-0.25, -0.2) is 4.57 Å². The number of hydrogen-bond acceptors (Lipinski definition) is 3. The van der Waals surface area contributed by atoms with Gasteiger partial charge in [-0.2, -0.15) is 0 Å². The van der Waals surface area contributed by atoms with Crippen LogP contribution in [0.15, 0.2) is 82.7 Å². The van der Waals surface area contributed by atoms with E-state index in [2.05, 4.69) is 118 Å². The van der Waals surface area contributed by atoms with Gasteiger partial charge in [-0.1, -0.05) is 57.2 Å². The third-order valence-corrected chi connectivity index (χ3v) is 9.23. The molecule has 0 atom stereocenters. The van der Waals surface area contributed by atoms with Gasteiger partial charge in [-0.3, -0.25) is 0 Å². The van der Waals surface area contributed by atoms with E-state index < -0.39 is 0 Å². The van der Waals surface area contributed by atoms with E-state index in [1.54, 1.807) is 11.3 Å². The third kappa shape index (κ3) is 3.32. The monoisotopic (exact) mass is 540 g/mol. The summed E-state index contributed by atoms with van der Waals surface area (Å²) in [4.78, 5) is 1.24. The molecule has 0 fully saturated rings. The van der Waals surface area contributed by atoms with Crippen molar-refractivity contribution in [1.29, 1.82) is 0 Å². The Morgan fingerprint density at radius 2 is 1.68 bits per heavy atom. The lowest BCUT2D eigenvalue weighted by Gasteiger charge is -2.28. The Hall–Kier alpha value is -4.15. The average molecular weight is 541 g/mol. The second-order valence-corrected chi connectivity index (χ2v) is 13.2. The first-order chi connectivity index (χ1) is 19.3. The van der Waals surface area contributed by atoms with Crippen molar-refractivity contribution in [2.24, 2.45) is 12.5 Å². The number of fused-ring (bicyclic) bond motifs is 7. The number of nitrogens with zero attached hydrogens (tertiary/aromatic N) is 1. The molecule has 4 heteroatoms. The molecule has 0 N–H and O–H groups in total. The van der Waals surface area contributed by atoms with Crippen LogP contribution in [0.25, 0.3) is 65.2 Å². The molecule has 4 heterocycles. The Bertz CT molecular complexity index is 2160. The van der Waals surface area contributed by atoms with Crippen molar-refractivity contribution in [1.82, 2.24) is 0 Å². The molecule has 4 aromatic carbocycles. The fourth-order valence-corrected chi connectivity index (χ4v) is 7.32. The maximum Gasteiger partial charge on any atom is 0.228 e. The van der Waals surface area contributed by atoms with Gasteiger partial charge < -0.3 is 9.15 Å². The molecule has 1 aliphatic rings. The molecule has 0 aliphatic carbocycles. The Balaban J connectivity index is 1.48. The average Bonchev–Trinajstić information content (AvgIpc) is 3.60. The van der Waals surface area contributed by atoms with Gasteiger partial charge in [0.05, 0.1) is 5.56 Å². The quantitative estimate of drug-likeness (QED) is 0.204. The fraction of sp³-hybridized carbons (Fsp3) is 0.194. The van der Waals surface area contributed by atoms with E-state index >= 15 is 0 Å². The van der Waals surface area contributed by atoms with Crippen molar-refractivity contribution < 1.29 is 13.7 Å². The molecule has 0 radical (unpaired) electrons. The lowest BCUT2D eigenvalue weighted by molar-refractivity contribution is -0.659. The molecule has 0 saturated heterocycles. The number of thiophene rings is 1. The number of furan rings is 1. The summed E-state index contributed by atoms with van der Waals surface area (Å²) in [5.41, 5.74) is 8.02. The second kappa shape index (κ2) is 8.18. The number of pyridine rings is 1. The van der Waals surface area contributed by atoms with Crippen molar-refractivity contribution >= 4 is 54.8 Å². The molecule has 3 aromatic heterocycles. The molecule has 3 nitrogen and oxygen atoms in total. The minimum Gasteiger partial charge on any atom is -0.455 e. The van der Waals surface area contributed by atoms with Gasteiger partial charge in [0, 0.05) is 32.7 Å². The zero-order valence-electron chi connectivity index (χ0n) is 23.4. The lowest BCUT2D eigenvalue weighted by Crippen LogP contribution is -2.32. The predicted octanol–water partition coefficient (Wildman–Crippen LogP) is 10.1. The minimum atomic E-state index is 0.106. The standard InChI is InChI=1S/C36H30NO2S/c1-20-22-9-6-7-10-23(22)27(19-36(2,3)4)35-31(20)33-32-25(14-15-37(33)5)34-26(18-29(32)39-35)24-13-12-21(17-28(24)38-34)30-11-8-16-40-30/h6-18H,19H2,1-5H3/q+1. The Kier molecular flexibility index (Phi) is 4.85. The van der Waals surface area contributed by atoms with E-state index in [9.17, 15) is 0 Å². The topological polar surface area (TPSA) is 26.2 Å². The van der Waals surface area contributed by atoms with Crippen LogP contribution in [0.1, 0.15) is 31.9 Å². The summed E-state index contributed by atoms with van der Waals surface area (Å²) in [6, 6.07) is 24.0. The van der Waals surface area contributed by atoms with E-state index in [0.29, 0.717) is 0 Å². The Morgan fingerprint density at radius 1 is 0.850 bits per heavy atom. The SMILES string of the molecule is Cc1c2c(c(CC(C)(C)C)c3ccccc13)Oc1cc3c4ccc(-c5cccs5)cc4oc3c3cc[n+](C)c-2c13. The molecular weight excluding hydrogens is 510 g/mol. The van der Waals surface area contributed by atoms with Crippen molar-refractivity contribution in [2.45, 2.75) is 34.1 Å². The van der Waals surface area contributed by atoms with Crippen molar-refractivity contribution in [3.05, 3.63) is 89.4 Å². The summed E-state index contributed by atoms with van der Waals surface area (Å²) in [6.07, 6.45) is 3.09. The molecule has 0 amide bonds. The first kappa shape index (κ1) is 23.7. The highest BCUT2D eigenvalue weighted by atomic mass is 32.1. The van der Waals surface area contributed by atoms with E-state index in [1.807, 2.05) is 0 Å². The summed E-state index contributed by atoms with van der Waals surface area (Å²) in [5.74, 6) is 1.89. The molecule has 1 aliphatic heterocycles. The largest absolute Gasteiger partial charge is 0.455 e. The smallest absolute Gasteiger partial charge is 0.228 e. The summed E-state index contributed by atoms with van der Waals surface area (Å²) in [7, 11) is 2.14. The zero-order valence-corrected chi connectivity index (χ0v) is 24.2. The van der Waals surface area contributed by atoms with E-state index in [0.717, 1.165) is 50.6 Å². The van der Waals surface area contributed by atoms with Crippen molar-refractivity contribution in [3.8, 4) is 33.2 Å². The lowest BCUT2D eigenvalue weighted by atomic mass is 9.81. The maximum absolute atomic E-state index is 7.03. The predicted molar refractivity (Wildman–Crippen MR) is 167 cm³/mol. The van der Waals surface area contributed by atoms with Gasteiger partial charge in [0.1, 0.15) is 35.1 Å². The summed E-state index contributed by atoms with van der Waals surface area (Å²) in [5, 5.41) is 9.09. The van der Waals surface area contributed by atoms with Crippen LogP contribution in [0.2, 0.25) is 0 Å². The van der Waals surface area contributed by atoms with Crippen LogP contribution < -0.4 is 9.30 Å². The number of aryl methyl sites for hydroxylation is 2. The van der Waals surface area contributed by atoms with E-state index in [-0.39, 0.29) is 5.41 Å². The molecule has 8 rings (SSSR count). The third-order valence-electron chi connectivity index (χ3n) is 8.31. The van der Waals surface area contributed by atoms with E-state index in [1.165, 1.54) is 43.6 Å². The highest BCUT2D eigenvalue weighted by Gasteiger charge is 2.35. The number of benzene rings is 4. The van der Waals surface area contributed by atoms with Crippen LogP contribution in [-0.4, -0.2) is 0 Å². The molecule has 0 bridgehead atoms. The van der Waals surface area contributed by atoms with Gasteiger partial charge in [-0.15, -0.1) is 11.3 Å². The van der Waals surface area contributed by atoms with Gasteiger partial charge in [-0.05, 0) is 70.3 Å². The van der Waals surface area contributed by atoms with Crippen LogP contribution in [0, 0.1) is 12.3 Å². The van der Waals surface area contributed by atoms with Crippen LogP contribution >= 0.6 is 11.3 Å². The zero-order chi connectivity index (χ0) is 27.3. The number of hydrogen-bond donors (Lipinski definition) is 0. The Labute approximate surface area is 237 Å². The van der Waals surface area contributed by atoms with Crippen molar-refractivity contribution in [3.63, 3.8) is 0 Å². The summed E-state index contributed by atoms with van der Waals surface area (Å²) >= 11 is 1.75. The first-order valence-corrected chi connectivity index (χ1v) is 14.7. The van der Waals surface area contributed by atoms with Gasteiger partial charge in [0.25, 0.3) is 0 Å². The first-order valence-electron chi connectivity index (χ1n) is 13.9. The van der Waals surface area contributed by atoms with Gasteiger partial charge in [0.15, 0.2) is 6.20 Å². The molecule has 0 saturated carbocycles. The van der Waals surface area contributed by atoms with Crippen molar-refractivity contribution in [2.75, 3.05) is 0 Å². The normalized spacial score (nSPS) is 12.9. The molecule has 40 heavy (non-hydrogen) atoms. The fourth-order valence-electron chi connectivity index (χ4n) is 6.59.